The molecule has 0 aliphatic heterocycles. The summed E-state index contributed by atoms with van der Waals surface area (Å²) in [6.45, 7) is 7.00. The van der Waals surface area contributed by atoms with Gasteiger partial charge in [0.2, 0.25) is 5.82 Å². The summed E-state index contributed by atoms with van der Waals surface area (Å²) in [7, 11) is 0. The van der Waals surface area contributed by atoms with Gasteiger partial charge in [-0.05, 0) is 12.3 Å². The molecule has 0 aliphatic carbocycles. The average Bonchev–Trinajstić information content (AvgIpc) is 2.36. The summed E-state index contributed by atoms with van der Waals surface area (Å²) in [5.74, 6) is 0.506. The number of ether oxygens (including phenoxy) is 1. The molecule has 7 heteroatoms. The lowest BCUT2D eigenvalue weighted by molar-refractivity contribution is -0.385. The quantitative estimate of drug-likeness (QED) is 0.443. The first kappa shape index (κ1) is 15.1. The van der Waals surface area contributed by atoms with E-state index in [0.717, 1.165) is 12.8 Å². The number of nitro groups is 1. The number of anilines is 1. The van der Waals surface area contributed by atoms with Crippen LogP contribution in [-0.2, 0) is 0 Å². The number of hydrogen-bond donors (Lipinski definition) is 1. The Bertz CT molecular complexity index is 423. The Morgan fingerprint density at radius 3 is 2.79 bits per heavy atom. The van der Waals surface area contributed by atoms with Crippen LogP contribution in [0.4, 0.5) is 11.5 Å². The summed E-state index contributed by atoms with van der Waals surface area (Å²) in [5.41, 5.74) is -0.195. The van der Waals surface area contributed by atoms with Crippen molar-refractivity contribution in [3.63, 3.8) is 0 Å². The van der Waals surface area contributed by atoms with Crippen molar-refractivity contribution in [3.05, 3.63) is 16.4 Å². The molecule has 0 aromatic carbocycles. The first-order valence-corrected chi connectivity index (χ1v) is 6.42. The Kier molecular flexibility index (Phi) is 5.98. The third-order valence-electron chi connectivity index (χ3n) is 2.35. The molecule has 1 N–H and O–H groups in total. The van der Waals surface area contributed by atoms with Crippen LogP contribution in [0, 0.1) is 16.0 Å². The predicted molar refractivity (Wildman–Crippen MR) is 72.4 cm³/mol. The van der Waals surface area contributed by atoms with Crippen LogP contribution in [0.3, 0.4) is 0 Å². The van der Waals surface area contributed by atoms with Gasteiger partial charge >= 0.3 is 5.69 Å². The molecule has 106 valence electrons. The highest BCUT2D eigenvalue weighted by Crippen LogP contribution is 2.30. The third-order valence-corrected chi connectivity index (χ3v) is 2.35. The topological polar surface area (TPSA) is 90.2 Å². The van der Waals surface area contributed by atoms with E-state index in [0.29, 0.717) is 13.2 Å². The Labute approximate surface area is 112 Å². The first-order chi connectivity index (χ1) is 9.06. The highest BCUT2D eigenvalue weighted by molar-refractivity contribution is 5.61. The lowest BCUT2D eigenvalue weighted by atomic mass is 10.2. The van der Waals surface area contributed by atoms with E-state index in [9.17, 15) is 10.1 Å². The van der Waals surface area contributed by atoms with Gasteiger partial charge in [0.15, 0.2) is 0 Å². The summed E-state index contributed by atoms with van der Waals surface area (Å²) in [6.07, 6.45) is 3.20. The van der Waals surface area contributed by atoms with E-state index in [4.69, 9.17) is 4.74 Å². The van der Waals surface area contributed by atoms with Crippen molar-refractivity contribution in [2.45, 2.75) is 33.6 Å². The minimum atomic E-state index is -0.510. The van der Waals surface area contributed by atoms with E-state index in [1.54, 1.807) is 0 Å². The smallest absolute Gasteiger partial charge is 0.372 e. The number of aromatic nitrogens is 2. The standard InChI is InChI=1S/C12H20N4O3/c1-4-5-6-13-11-10(16(17)18)12(15-8-14-11)19-7-9(2)3/h8-9H,4-7H2,1-3H3,(H,13,14,15). The van der Waals surface area contributed by atoms with Gasteiger partial charge in [-0.1, -0.05) is 27.2 Å². The van der Waals surface area contributed by atoms with Crippen LogP contribution in [0.5, 0.6) is 5.88 Å². The Morgan fingerprint density at radius 1 is 1.47 bits per heavy atom. The summed E-state index contributed by atoms with van der Waals surface area (Å²) < 4.78 is 5.37. The maximum Gasteiger partial charge on any atom is 0.372 e. The van der Waals surface area contributed by atoms with Crippen molar-refractivity contribution >= 4 is 11.5 Å². The van der Waals surface area contributed by atoms with Crippen LogP contribution < -0.4 is 10.1 Å². The minimum Gasteiger partial charge on any atom is -0.472 e. The van der Waals surface area contributed by atoms with Gasteiger partial charge in [0.1, 0.15) is 6.33 Å². The zero-order valence-corrected chi connectivity index (χ0v) is 11.5. The maximum atomic E-state index is 11.1. The molecule has 1 aromatic heterocycles. The van der Waals surface area contributed by atoms with Crippen molar-refractivity contribution in [1.82, 2.24) is 9.97 Å². The molecular weight excluding hydrogens is 248 g/mol. The average molecular weight is 268 g/mol. The fourth-order valence-electron chi connectivity index (χ4n) is 1.39. The molecule has 0 spiro atoms. The number of nitrogens with one attached hydrogen (secondary N) is 1. The summed E-state index contributed by atoms with van der Waals surface area (Å²) in [5, 5.41) is 14.1. The highest BCUT2D eigenvalue weighted by atomic mass is 16.6. The second-order valence-corrected chi connectivity index (χ2v) is 4.62. The van der Waals surface area contributed by atoms with Gasteiger partial charge in [-0.25, -0.2) is 4.98 Å². The molecule has 0 saturated carbocycles. The van der Waals surface area contributed by atoms with Gasteiger partial charge in [-0.2, -0.15) is 4.98 Å². The molecule has 1 heterocycles. The number of nitrogens with zero attached hydrogens (tertiary/aromatic N) is 3. The van der Waals surface area contributed by atoms with Gasteiger partial charge in [0, 0.05) is 6.54 Å². The largest absolute Gasteiger partial charge is 0.472 e. The van der Waals surface area contributed by atoms with Crippen molar-refractivity contribution in [1.29, 1.82) is 0 Å². The van der Waals surface area contributed by atoms with Crippen molar-refractivity contribution in [3.8, 4) is 5.88 Å². The maximum absolute atomic E-state index is 11.1. The molecule has 0 fully saturated rings. The van der Waals surface area contributed by atoms with Crippen LogP contribution >= 0.6 is 0 Å². The zero-order valence-electron chi connectivity index (χ0n) is 11.5. The van der Waals surface area contributed by atoms with Gasteiger partial charge in [0.25, 0.3) is 5.88 Å². The fourth-order valence-corrected chi connectivity index (χ4v) is 1.39. The lowest BCUT2D eigenvalue weighted by Gasteiger charge is -2.10. The third kappa shape index (κ3) is 4.69. The molecule has 7 nitrogen and oxygen atoms in total. The minimum absolute atomic E-state index is 0.0210. The van der Waals surface area contributed by atoms with Crippen LogP contribution in [0.25, 0.3) is 0 Å². The normalized spacial score (nSPS) is 10.5. The van der Waals surface area contributed by atoms with E-state index in [1.165, 1.54) is 6.33 Å². The monoisotopic (exact) mass is 268 g/mol. The van der Waals surface area contributed by atoms with Gasteiger partial charge in [-0.3, -0.25) is 10.1 Å². The summed E-state index contributed by atoms with van der Waals surface area (Å²) in [4.78, 5) is 18.4. The van der Waals surface area contributed by atoms with Crippen LogP contribution in [0.2, 0.25) is 0 Å². The van der Waals surface area contributed by atoms with Crippen molar-refractivity contribution in [2.75, 3.05) is 18.5 Å². The van der Waals surface area contributed by atoms with E-state index in [-0.39, 0.29) is 23.3 Å². The van der Waals surface area contributed by atoms with Crippen LogP contribution in [0.1, 0.15) is 33.6 Å². The molecule has 0 radical (unpaired) electrons. The lowest BCUT2D eigenvalue weighted by Crippen LogP contribution is -2.11. The first-order valence-electron chi connectivity index (χ1n) is 6.42. The highest BCUT2D eigenvalue weighted by Gasteiger charge is 2.24. The van der Waals surface area contributed by atoms with E-state index < -0.39 is 4.92 Å². The molecule has 0 saturated heterocycles. The molecule has 0 aliphatic rings. The molecule has 0 amide bonds. The van der Waals surface area contributed by atoms with Gasteiger partial charge in [-0.15, -0.1) is 0 Å². The van der Waals surface area contributed by atoms with E-state index in [1.807, 2.05) is 20.8 Å². The molecular formula is C12H20N4O3. The van der Waals surface area contributed by atoms with Gasteiger partial charge < -0.3 is 10.1 Å². The Hall–Kier alpha value is -1.92. The number of rotatable bonds is 8. The second kappa shape index (κ2) is 7.50. The van der Waals surface area contributed by atoms with E-state index in [2.05, 4.69) is 15.3 Å². The van der Waals surface area contributed by atoms with Crippen LogP contribution in [-0.4, -0.2) is 28.0 Å². The second-order valence-electron chi connectivity index (χ2n) is 4.62. The van der Waals surface area contributed by atoms with Gasteiger partial charge in [0.05, 0.1) is 11.5 Å². The van der Waals surface area contributed by atoms with E-state index >= 15 is 0 Å². The molecule has 19 heavy (non-hydrogen) atoms. The predicted octanol–water partition coefficient (Wildman–Crippen LogP) is 2.63. The Balaban J connectivity index is 2.90. The summed E-state index contributed by atoms with van der Waals surface area (Å²) >= 11 is 0. The molecule has 1 rings (SSSR count). The summed E-state index contributed by atoms with van der Waals surface area (Å²) in [6, 6.07) is 0. The van der Waals surface area contributed by atoms with Crippen molar-refractivity contribution < 1.29 is 9.66 Å². The number of unbranched alkanes of at least 4 members (excludes halogenated alkanes) is 1. The van der Waals surface area contributed by atoms with Crippen molar-refractivity contribution in [2.24, 2.45) is 5.92 Å². The molecule has 1 aromatic rings. The SMILES string of the molecule is CCCCNc1ncnc(OCC(C)C)c1[N+](=O)[O-]. The molecule has 0 unspecified atom stereocenters. The molecule has 0 bridgehead atoms. The molecule has 0 atom stereocenters. The number of hydrogen-bond acceptors (Lipinski definition) is 6. The van der Waals surface area contributed by atoms with Crippen LogP contribution in [0.15, 0.2) is 6.33 Å². The Morgan fingerprint density at radius 2 is 2.21 bits per heavy atom. The fraction of sp³-hybridized carbons (Fsp3) is 0.667. The zero-order chi connectivity index (χ0) is 14.3.